The summed E-state index contributed by atoms with van der Waals surface area (Å²) in [6.07, 6.45) is 6.47. The summed E-state index contributed by atoms with van der Waals surface area (Å²) >= 11 is 12.4. The van der Waals surface area contributed by atoms with Gasteiger partial charge in [-0.15, -0.1) is 0 Å². The molecule has 4 nitrogen and oxygen atoms in total. The Morgan fingerprint density at radius 3 is 2.37 bits per heavy atom. The fraction of sp³-hybridized carbons (Fsp3) is 0.458. The van der Waals surface area contributed by atoms with Crippen LogP contribution in [-0.2, 0) is 13.0 Å². The third-order valence-corrected chi connectivity index (χ3v) is 6.30. The van der Waals surface area contributed by atoms with Crippen LogP contribution in [0.5, 0.6) is 0 Å². The Labute approximate surface area is 190 Å². The molecule has 0 saturated heterocycles. The molecule has 30 heavy (non-hydrogen) atoms. The van der Waals surface area contributed by atoms with Gasteiger partial charge in [0.15, 0.2) is 0 Å². The number of anilines is 1. The average Bonchev–Trinajstić information content (AvgIpc) is 2.73. The number of rotatable bonds is 7. The number of nitrogens with zero attached hydrogens (tertiary/aromatic N) is 2. The molecule has 2 amide bonds. The van der Waals surface area contributed by atoms with Crippen LogP contribution >= 0.6 is 23.2 Å². The zero-order chi connectivity index (χ0) is 21.5. The van der Waals surface area contributed by atoms with Crippen LogP contribution in [0.2, 0.25) is 10.0 Å². The maximum Gasteiger partial charge on any atom is 0.317 e. The lowest BCUT2D eigenvalue weighted by Crippen LogP contribution is -2.45. The molecule has 0 aromatic heterocycles. The molecule has 1 saturated carbocycles. The van der Waals surface area contributed by atoms with Gasteiger partial charge in [0.25, 0.3) is 0 Å². The van der Waals surface area contributed by atoms with Crippen LogP contribution in [0.4, 0.5) is 10.5 Å². The first-order chi connectivity index (χ1) is 14.4. The monoisotopic (exact) mass is 447 g/mol. The summed E-state index contributed by atoms with van der Waals surface area (Å²) in [5.74, 6) is 0. The Balaban J connectivity index is 1.70. The van der Waals surface area contributed by atoms with Crippen LogP contribution in [0.15, 0.2) is 42.5 Å². The van der Waals surface area contributed by atoms with E-state index in [9.17, 15) is 4.79 Å². The van der Waals surface area contributed by atoms with E-state index in [2.05, 4.69) is 34.5 Å². The van der Waals surface area contributed by atoms with E-state index >= 15 is 0 Å². The van der Waals surface area contributed by atoms with Crippen LogP contribution in [0.1, 0.15) is 43.2 Å². The van der Waals surface area contributed by atoms with Crippen molar-refractivity contribution in [2.75, 3.05) is 25.5 Å². The molecule has 1 aliphatic rings. The van der Waals surface area contributed by atoms with E-state index in [0.29, 0.717) is 29.6 Å². The van der Waals surface area contributed by atoms with E-state index in [0.717, 1.165) is 29.7 Å². The molecule has 0 radical (unpaired) electrons. The predicted octanol–water partition coefficient (Wildman–Crippen LogP) is 6.15. The molecule has 6 heteroatoms. The summed E-state index contributed by atoms with van der Waals surface area (Å²) in [5, 5.41) is 4.52. The van der Waals surface area contributed by atoms with E-state index in [4.69, 9.17) is 23.2 Å². The van der Waals surface area contributed by atoms with Crippen LogP contribution in [-0.4, -0.2) is 37.6 Å². The van der Waals surface area contributed by atoms with Crippen LogP contribution < -0.4 is 10.2 Å². The van der Waals surface area contributed by atoms with Crippen LogP contribution in [0, 0.1) is 0 Å². The average molecular weight is 448 g/mol. The maximum absolute atomic E-state index is 13.1. The van der Waals surface area contributed by atoms with E-state index in [1.807, 2.05) is 31.1 Å². The van der Waals surface area contributed by atoms with Crippen LogP contribution in [0.25, 0.3) is 0 Å². The third-order valence-electron chi connectivity index (χ3n) is 5.71. The number of amides is 2. The summed E-state index contributed by atoms with van der Waals surface area (Å²) in [6, 6.07) is 14.2. The molecule has 2 aromatic carbocycles. The molecule has 2 aromatic rings. The van der Waals surface area contributed by atoms with Gasteiger partial charge in [0, 0.05) is 49.0 Å². The molecule has 0 heterocycles. The summed E-state index contributed by atoms with van der Waals surface area (Å²) in [5.41, 5.74) is 3.26. The minimum absolute atomic E-state index is 0.00340. The number of hydrogen-bond donors (Lipinski definition) is 1. The Bertz CT molecular complexity index is 833. The van der Waals surface area contributed by atoms with Gasteiger partial charge in [-0.2, -0.15) is 0 Å². The molecule has 1 aliphatic carbocycles. The number of nitrogens with one attached hydrogen (secondary N) is 1. The molecule has 0 bridgehead atoms. The Morgan fingerprint density at radius 1 is 1.03 bits per heavy atom. The van der Waals surface area contributed by atoms with Crippen molar-refractivity contribution in [2.24, 2.45) is 0 Å². The molecule has 1 fully saturated rings. The van der Waals surface area contributed by atoms with Gasteiger partial charge in [-0.05, 0) is 54.7 Å². The number of carbonyl (C=O) groups excluding carboxylic acids is 1. The third kappa shape index (κ3) is 6.55. The standard InChI is InChI=1S/C24H31Cl2N3O/c1-28(2)22-12-8-18(9-13-22)17-29(24(30)27-21-6-4-3-5-7-21)15-14-19-10-11-20(25)16-23(19)26/h8-13,16,21H,3-7,14-15,17H2,1-2H3,(H,27,30). The summed E-state index contributed by atoms with van der Waals surface area (Å²) in [7, 11) is 4.05. The van der Waals surface area contributed by atoms with Gasteiger partial charge in [-0.25, -0.2) is 4.79 Å². The Hall–Kier alpha value is -1.91. The molecule has 0 aliphatic heterocycles. The van der Waals surface area contributed by atoms with Crippen molar-refractivity contribution in [1.82, 2.24) is 10.2 Å². The van der Waals surface area contributed by atoms with E-state index in [1.165, 1.54) is 19.3 Å². The number of benzene rings is 2. The molecule has 0 spiro atoms. The van der Waals surface area contributed by atoms with E-state index in [-0.39, 0.29) is 12.1 Å². The van der Waals surface area contributed by atoms with Gasteiger partial charge in [0.05, 0.1) is 0 Å². The minimum Gasteiger partial charge on any atom is -0.378 e. The van der Waals surface area contributed by atoms with Crippen molar-refractivity contribution in [3.05, 3.63) is 63.6 Å². The van der Waals surface area contributed by atoms with Crippen molar-refractivity contribution in [3.8, 4) is 0 Å². The maximum atomic E-state index is 13.1. The molecule has 162 valence electrons. The predicted molar refractivity (Wildman–Crippen MR) is 127 cm³/mol. The second-order valence-corrected chi connectivity index (χ2v) is 9.10. The van der Waals surface area contributed by atoms with E-state index < -0.39 is 0 Å². The van der Waals surface area contributed by atoms with Crippen molar-refractivity contribution in [2.45, 2.75) is 51.1 Å². The number of urea groups is 1. The first-order valence-corrected chi connectivity index (χ1v) is 11.4. The normalized spacial score (nSPS) is 14.4. The quantitative estimate of drug-likeness (QED) is 0.552. The minimum atomic E-state index is 0.00340. The fourth-order valence-electron chi connectivity index (χ4n) is 3.86. The fourth-order valence-corrected chi connectivity index (χ4v) is 4.37. The molecule has 0 unspecified atom stereocenters. The second kappa shape index (κ2) is 10.9. The highest BCUT2D eigenvalue weighted by Gasteiger charge is 2.20. The highest BCUT2D eigenvalue weighted by Crippen LogP contribution is 2.23. The highest BCUT2D eigenvalue weighted by atomic mass is 35.5. The van der Waals surface area contributed by atoms with Gasteiger partial charge >= 0.3 is 6.03 Å². The molecule has 3 rings (SSSR count). The first-order valence-electron chi connectivity index (χ1n) is 10.7. The largest absolute Gasteiger partial charge is 0.378 e. The zero-order valence-corrected chi connectivity index (χ0v) is 19.3. The number of carbonyl (C=O) groups is 1. The Kier molecular flexibility index (Phi) is 8.29. The van der Waals surface area contributed by atoms with Crippen molar-refractivity contribution in [1.29, 1.82) is 0 Å². The van der Waals surface area contributed by atoms with Gasteiger partial charge in [-0.3, -0.25) is 0 Å². The number of halogens is 2. The van der Waals surface area contributed by atoms with Gasteiger partial charge in [0.2, 0.25) is 0 Å². The zero-order valence-electron chi connectivity index (χ0n) is 17.8. The van der Waals surface area contributed by atoms with Gasteiger partial charge < -0.3 is 15.1 Å². The first kappa shape index (κ1) is 22.8. The molecule has 0 atom stereocenters. The summed E-state index contributed by atoms with van der Waals surface area (Å²) in [6.45, 7) is 1.16. The van der Waals surface area contributed by atoms with Crippen molar-refractivity contribution < 1.29 is 4.79 Å². The van der Waals surface area contributed by atoms with Gasteiger partial charge in [0.1, 0.15) is 0 Å². The lowest BCUT2D eigenvalue weighted by molar-refractivity contribution is 0.188. The lowest BCUT2D eigenvalue weighted by atomic mass is 9.96. The Morgan fingerprint density at radius 2 is 1.73 bits per heavy atom. The topological polar surface area (TPSA) is 35.6 Å². The van der Waals surface area contributed by atoms with Crippen molar-refractivity contribution in [3.63, 3.8) is 0 Å². The van der Waals surface area contributed by atoms with Crippen LogP contribution in [0.3, 0.4) is 0 Å². The summed E-state index contributed by atoms with van der Waals surface area (Å²) in [4.78, 5) is 17.1. The van der Waals surface area contributed by atoms with Crippen molar-refractivity contribution >= 4 is 34.9 Å². The lowest BCUT2D eigenvalue weighted by Gasteiger charge is -2.29. The smallest absolute Gasteiger partial charge is 0.317 e. The second-order valence-electron chi connectivity index (χ2n) is 8.25. The SMILES string of the molecule is CN(C)c1ccc(CN(CCc2ccc(Cl)cc2Cl)C(=O)NC2CCCCC2)cc1. The summed E-state index contributed by atoms with van der Waals surface area (Å²) < 4.78 is 0. The van der Waals surface area contributed by atoms with Gasteiger partial charge in [-0.1, -0.05) is 60.7 Å². The highest BCUT2D eigenvalue weighted by molar-refractivity contribution is 6.35. The molecule has 1 N–H and O–H groups in total. The molecular weight excluding hydrogens is 417 g/mol. The number of hydrogen-bond acceptors (Lipinski definition) is 2. The molecular formula is C24H31Cl2N3O. The van der Waals surface area contributed by atoms with E-state index in [1.54, 1.807) is 6.07 Å².